The van der Waals surface area contributed by atoms with Crippen molar-refractivity contribution in [2.75, 3.05) is 32.4 Å². The van der Waals surface area contributed by atoms with Crippen LogP contribution in [0.15, 0.2) is 35.4 Å². The van der Waals surface area contributed by atoms with Crippen LogP contribution in [0.25, 0.3) is 0 Å². The van der Waals surface area contributed by atoms with Gasteiger partial charge in [-0.05, 0) is 19.1 Å². The Bertz CT molecular complexity index is 364. The number of para-hydroxylation sites is 1. The maximum absolute atomic E-state index is 5.44. The molecule has 1 aromatic rings. The second-order valence-electron chi connectivity index (χ2n) is 3.54. The van der Waals surface area contributed by atoms with Crippen LogP contribution < -0.4 is 10.7 Å². The van der Waals surface area contributed by atoms with Crippen LogP contribution in [-0.2, 0) is 9.57 Å². The Kier molecular flexibility index (Phi) is 5.96. The minimum atomic E-state index is 0.251. The van der Waals surface area contributed by atoms with Crippen molar-refractivity contribution in [2.24, 2.45) is 10.9 Å². The summed E-state index contributed by atoms with van der Waals surface area (Å²) in [5, 5.41) is 5.27. The zero-order valence-corrected chi connectivity index (χ0v) is 11.0. The van der Waals surface area contributed by atoms with Crippen molar-refractivity contribution < 1.29 is 9.57 Å². The van der Waals surface area contributed by atoms with Gasteiger partial charge in [-0.15, -0.1) is 5.10 Å². The molecule has 6 nitrogen and oxygen atoms in total. The molecular formula is C12H20N4O2. The van der Waals surface area contributed by atoms with Gasteiger partial charge in [0.05, 0.1) is 6.61 Å². The van der Waals surface area contributed by atoms with Crippen LogP contribution in [0.1, 0.15) is 6.92 Å². The largest absolute Gasteiger partial charge is 0.362 e. The lowest BCUT2D eigenvalue weighted by Gasteiger charge is -2.29. The van der Waals surface area contributed by atoms with Gasteiger partial charge in [0.15, 0.2) is 0 Å². The molecule has 0 unspecified atom stereocenters. The van der Waals surface area contributed by atoms with Gasteiger partial charge in [-0.2, -0.15) is 5.06 Å². The molecule has 1 aromatic carbocycles. The first-order valence-corrected chi connectivity index (χ1v) is 5.70. The maximum atomic E-state index is 5.44. The first-order valence-electron chi connectivity index (χ1n) is 5.70. The number of nitrogens with zero attached hydrogens (tertiary/aromatic N) is 3. The first-order chi connectivity index (χ1) is 8.74. The molecule has 0 saturated heterocycles. The van der Waals surface area contributed by atoms with E-state index in [2.05, 4.69) is 5.10 Å². The molecule has 6 heteroatoms. The minimum absolute atomic E-state index is 0.251. The zero-order valence-electron chi connectivity index (χ0n) is 11.0. The van der Waals surface area contributed by atoms with Gasteiger partial charge in [0.2, 0.25) is 5.96 Å². The van der Waals surface area contributed by atoms with Crippen molar-refractivity contribution in [3.63, 3.8) is 0 Å². The third-order valence-corrected chi connectivity index (χ3v) is 2.31. The number of hydrogen-bond acceptors (Lipinski definition) is 4. The topological polar surface area (TPSA) is 63.3 Å². The van der Waals surface area contributed by atoms with Gasteiger partial charge >= 0.3 is 0 Å². The lowest BCUT2D eigenvalue weighted by atomic mass is 10.3. The van der Waals surface area contributed by atoms with E-state index in [4.69, 9.17) is 15.4 Å². The first kappa shape index (κ1) is 14.3. The standard InChI is InChI=1S/C12H20N4O2/c1-4-18-16(10-17-3)12(14-13)15(2)11-8-6-5-7-9-11/h5-9H,4,10,13H2,1-3H3/b14-12-. The highest BCUT2D eigenvalue weighted by Gasteiger charge is 2.17. The Balaban J connectivity index is 2.87. The van der Waals surface area contributed by atoms with E-state index in [1.54, 1.807) is 7.11 Å². The lowest BCUT2D eigenvalue weighted by molar-refractivity contribution is -0.145. The number of hydrazone groups is 1. The molecular weight excluding hydrogens is 232 g/mol. The maximum Gasteiger partial charge on any atom is 0.249 e. The van der Waals surface area contributed by atoms with Gasteiger partial charge in [-0.25, -0.2) is 0 Å². The minimum Gasteiger partial charge on any atom is -0.362 e. The molecule has 0 radical (unpaired) electrons. The summed E-state index contributed by atoms with van der Waals surface area (Å²) in [6.45, 7) is 2.64. The molecule has 0 aliphatic heterocycles. The average molecular weight is 252 g/mol. The highest BCUT2D eigenvalue weighted by atomic mass is 16.7. The molecule has 0 aliphatic rings. The van der Waals surface area contributed by atoms with Crippen molar-refractivity contribution in [3.05, 3.63) is 30.3 Å². The monoisotopic (exact) mass is 252 g/mol. The molecule has 18 heavy (non-hydrogen) atoms. The quantitative estimate of drug-likeness (QED) is 0.280. The third kappa shape index (κ3) is 3.61. The van der Waals surface area contributed by atoms with Crippen molar-refractivity contribution >= 4 is 11.6 Å². The average Bonchev–Trinajstić information content (AvgIpc) is 2.41. The SMILES string of the molecule is CCON(COC)/C(=N\N)N(C)c1ccccc1. The Labute approximate surface area is 108 Å². The van der Waals surface area contributed by atoms with E-state index in [1.807, 2.05) is 49.2 Å². The van der Waals surface area contributed by atoms with Crippen molar-refractivity contribution in [2.45, 2.75) is 6.92 Å². The number of hydrogen-bond donors (Lipinski definition) is 1. The second-order valence-corrected chi connectivity index (χ2v) is 3.54. The Morgan fingerprint density at radius 1 is 1.33 bits per heavy atom. The molecule has 0 aliphatic carbocycles. The highest BCUT2D eigenvalue weighted by Crippen LogP contribution is 2.13. The number of guanidine groups is 1. The third-order valence-electron chi connectivity index (χ3n) is 2.31. The number of ether oxygens (including phenoxy) is 1. The number of benzene rings is 1. The number of hydroxylamine groups is 2. The molecule has 0 aromatic heterocycles. The number of methoxy groups -OCH3 is 1. The van der Waals surface area contributed by atoms with Crippen LogP contribution in [0.5, 0.6) is 0 Å². The van der Waals surface area contributed by atoms with E-state index in [0.717, 1.165) is 5.69 Å². The molecule has 0 amide bonds. The molecule has 0 atom stereocenters. The summed E-state index contributed by atoms with van der Waals surface area (Å²) >= 11 is 0. The van der Waals surface area contributed by atoms with Crippen molar-refractivity contribution in [1.29, 1.82) is 0 Å². The molecule has 0 bridgehead atoms. The molecule has 0 saturated carbocycles. The highest BCUT2D eigenvalue weighted by molar-refractivity contribution is 5.94. The van der Waals surface area contributed by atoms with Gasteiger partial charge in [-0.3, -0.25) is 4.84 Å². The van der Waals surface area contributed by atoms with Gasteiger partial charge in [-0.1, -0.05) is 18.2 Å². The van der Waals surface area contributed by atoms with Gasteiger partial charge in [0, 0.05) is 19.8 Å². The fraction of sp³-hybridized carbons (Fsp3) is 0.417. The predicted octanol–water partition coefficient (Wildman–Crippen LogP) is 1.21. The van der Waals surface area contributed by atoms with E-state index in [0.29, 0.717) is 12.6 Å². The summed E-state index contributed by atoms with van der Waals surface area (Å²) in [5.41, 5.74) is 0.961. The molecule has 100 valence electrons. The van der Waals surface area contributed by atoms with Crippen LogP contribution in [0.2, 0.25) is 0 Å². The van der Waals surface area contributed by atoms with Crippen LogP contribution >= 0.6 is 0 Å². The summed E-state index contributed by atoms with van der Waals surface area (Å²) < 4.78 is 5.06. The van der Waals surface area contributed by atoms with E-state index in [9.17, 15) is 0 Å². The summed E-state index contributed by atoms with van der Waals surface area (Å²) in [4.78, 5) is 7.26. The number of rotatable bonds is 5. The molecule has 0 spiro atoms. The van der Waals surface area contributed by atoms with Crippen molar-refractivity contribution in [1.82, 2.24) is 5.06 Å². The van der Waals surface area contributed by atoms with Crippen LogP contribution in [0.4, 0.5) is 5.69 Å². The lowest BCUT2D eigenvalue weighted by Crippen LogP contribution is -2.44. The summed E-state index contributed by atoms with van der Waals surface area (Å²) in [6, 6.07) is 9.76. The summed E-state index contributed by atoms with van der Waals surface area (Å²) in [5.74, 6) is 5.92. The zero-order chi connectivity index (χ0) is 13.4. The summed E-state index contributed by atoms with van der Waals surface area (Å²) in [7, 11) is 3.45. The Morgan fingerprint density at radius 2 is 2.00 bits per heavy atom. The van der Waals surface area contributed by atoms with E-state index < -0.39 is 0 Å². The smallest absolute Gasteiger partial charge is 0.249 e. The van der Waals surface area contributed by atoms with Crippen LogP contribution in [-0.4, -0.2) is 38.5 Å². The Morgan fingerprint density at radius 3 is 2.50 bits per heavy atom. The van der Waals surface area contributed by atoms with E-state index >= 15 is 0 Å². The normalized spacial score (nSPS) is 11.4. The van der Waals surface area contributed by atoms with Gasteiger partial charge < -0.3 is 15.5 Å². The number of nitrogens with two attached hydrogens (primary N) is 1. The predicted molar refractivity (Wildman–Crippen MR) is 71.8 cm³/mol. The fourth-order valence-electron chi connectivity index (χ4n) is 1.51. The molecule has 1 rings (SSSR count). The molecule has 0 fully saturated rings. The fourth-order valence-corrected chi connectivity index (χ4v) is 1.51. The van der Waals surface area contributed by atoms with Gasteiger partial charge in [0.1, 0.15) is 6.73 Å². The summed E-state index contributed by atoms with van der Waals surface area (Å²) in [6.07, 6.45) is 0. The Hall–Kier alpha value is -1.79. The van der Waals surface area contributed by atoms with Crippen LogP contribution in [0.3, 0.4) is 0 Å². The van der Waals surface area contributed by atoms with Gasteiger partial charge in [0.25, 0.3) is 0 Å². The van der Waals surface area contributed by atoms with E-state index in [-0.39, 0.29) is 6.73 Å². The molecule has 0 heterocycles. The van der Waals surface area contributed by atoms with Crippen LogP contribution in [0, 0.1) is 0 Å². The number of anilines is 1. The van der Waals surface area contributed by atoms with Crippen molar-refractivity contribution in [3.8, 4) is 0 Å². The van der Waals surface area contributed by atoms with E-state index in [1.165, 1.54) is 5.06 Å². The second kappa shape index (κ2) is 7.52. The molecule has 2 N–H and O–H groups in total.